The molecule has 64 heavy (non-hydrogen) atoms. The molecule has 5 aromatic rings. The van der Waals surface area contributed by atoms with E-state index in [2.05, 4.69) is 30.6 Å². The van der Waals surface area contributed by atoms with Crippen LogP contribution in [0.5, 0.6) is 0 Å². The summed E-state index contributed by atoms with van der Waals surface area (Å²) in [5.41, 5.74) is 1.98. The monoisotopic (exact) mass is 881 g/mol. The van der Waals surface area contributed by atoms with Crippen LogP contribution in [0.3, 0.4) is 0 Å². The number of nitrogens with one attached hydrogen (secondary N) is 2. The van der Waals surface area contributed by atoms with Crippen LogP contribution in [0.2, 0.25) is 0 Å². The predicted molar refractivity (Wildman–Crippen MR) is 232 cm³/mol. The van der Waals surface area contributed by atoms with Gasteiger partial charge in [-0.2, -0.15) is 10.2 Å². The third-order valence-electron chi connectivity index (χ3n) is 13.9. The molecule has 10 rings (SSSR count). The van der Waals surface area contributed by atoms with Crippen LogP contribution in [-0.2, 0) is 26.1 Å². The number of anilines is 2. The lowest BCUT2D eigenvalue weighted by Crippen LogP contribution is -2.44. The summed E-state index contributed by atoms with van der Waals surface area (Å²) in [6.45, 7) is 6.21. The number of alkyl halides is 2. The van der Waals surface area contributed by atoms with Crippen molar-refractivity contribution in [3.8, 4) is 0 Å². The summed E-state index contributed by atoms with van der Waals surface area (Å²) in [6, 6.07) is 6.94. The van der Waals surface area contributed by atoms with Gasteiger partial charge in [-0.05, 0) is 76.3 Å². The third kappa shape index (κ3) is 8.13. The number of para-hydroxylation sites is 1. The Balaban J connectivity index is 0.704. The van der Waals surface area contributed by atoms with Gasteiger partial charge in [0.25, 0.3) is 12.3 Å². The fourth-order valence-corrected chi connectivity index (χ4v) is 10.5. The number of halogens is 2. The molecule has 4 atom stereocenters. The number of carbonyl (C=O) groups excluding carboxylic acids is 3. The number of rotatable bonds is 12. The number of likely N-dealkylation sites (tertiary alicyclic amines) is 1. The maximum atomic E-state index is 14.3. The van der Waals surface area contributed by atoms with Crippen molar-refractivity contribution < 1.29 is 32.6 Å². The van der Waals surface area contributed by atoms with Gasteiger partial charge in [-0.15, -0.1) is 0 Å². The average Bonchev–Trinajstić information content (AvgIpc) is 4.14. The van der Waals surface area contributed by atoms with E-state index in [1.807, 2.05) is 43.3 Å². The van der Waals surface area contributed by atoms with Crippen LogP contribution in [0, 0.1) is 5.92 Å². The van der Waals surface area contributed by atoms with E-state index in [9.17, 15) is 28.0 Å². The average molecular weight is 882 g/mol. The van der Waals surface area contributed by atoms with Gasteiger partial charge in [-0.3, -0.25) is 33.5 Å². The van der Waals surface area contributed by atoms with Gasteiger partial charge in [0.1, 0.15) is 17.4 Å². The SMILES string of the molecule is C[C@H](/C=C/c1cccc2c1n(C)c(=O)n2C1CCC(=O)NC1=O)OC1CCN(CC2CCC(n3cc(NC(=O)c4cnn5ccc(N6C[C@H]7C[C@@H]6CO7)nc45)c(C(F)F)n3)CC2)CC1. The van der Waals surface area contributed by atoms with Gasteiger partial charge >= 0.3 is 5.69 Å². The Kier molecular flexibility index (Phi) is 11.4. The Morgan fingerprint density at radius 1 is 1.06 bits per heavy atom. The number of aromatic nitrogens is 7. The summed E-state index contributed by atoms with van der Waals surface area (Å²) in [6.07, 6.45) is 12.7. The lowest BCUT2D eigenvalue weighted by molar-refractivity contribution is -0.135. The van der Waals surface area contributed by atoms with Crippen molar-refractivity contribution in [1.82, 2.24) is 43.7 Å². The third-order valence-corrected chi connectivity index (χ3v) is 13.9. The predicted octanol–water partition coefficient (Wildman–Crippen LogP) is 5.04. The first-order valence-electron chi connectivity index (χ1n) is 22.5. The first-order valence-corrected chi connectivity index (χ1v) is 22.5. The van der Waals surface area contributed by atoms with E-state index >= 15 is 0 Å². The minimum absolute atomic E-state index is 0.00688. The van der Waals surface area contributed by atoms with Gasteiger partial charge < -0.3 is 24.6 Å². The van der Waals surface area contributed by atoms with Crippen LogP contribution in [0.25, 0.3) is 22.8 Å². The largest absolute Gasteiger partial charge is 0.374 e. The summed E-state index contributed by atoms with van der Waals surface area (Å²) >= 11 is 0. The highest BCUT2D eigenvalue weighted by atomic mass is 19.3. The topological polar surface area (TPSA) is 175 Å². The molecule has 4 saturated heterocycles. The fourth-order valence-electron chi connectivity index (χ4n) is 10.5. The number of nitrogens with zero attached hydrogens (tertiary/aromatic N) is 9. The molecule has 1 saturated carbocycles. The minimum Gasteiger partial charge on any atom is -0.374 e. The Morgan fingerprint density at radius 3 is 2.61 bits per heavy atom. The molecule has 3 amide bonds. The molecule has 0 spiro atoms. The number of morpholine rings is 1. The van der Waals surface area contributed by atoms with Crippen molar-refractivity contribution in [2.45, 2.75) is 108 Å². The van der Waals surface area contributed by atoms with E-state index in [1.54, 1.807) is 28.7 Å². The summed E-state index contributed by atoms with van der Waals surface area (Å²) in [4.78, 5) is 60.7. The number of hydrogen-bond acceptors (Lipinski definition) is 11. The number of amides is 3. The second kappa shape index (κ2) is 17.3. The first kappa shape index (κ1) is 42.2. The van der Waals surface area contributed by atoms with E-state index in [1.165, 1.54) is 15.3 Å². The zero-order valence-corrected chi connectivity index (χ0v) is 35.9. The van der Waals surface area contributed by atoms with Gasteiger partial charge in [0.15, 0.2) is 11.3 Å². The second-order valence-electron chi connectivity index (χ2n) is 18.0. The van der Waals surface area contributed by atoms with Crippen LogP contribution in [0.1, 0.15) is 105 Å². The van der Waals surface area contributed by atoms with E-state index in [0.29, 0.717) is 29.2 Å². The molecule has 1 aromatic carbocycles. The number of benzene rings is 1. The molecule has 2 N–H and O–H groups in total. The molecular formula is C45H53F2N11O6. The van der Waals surface area contributed by atoms with Crippen LogP contribution in [0.4, 0.5) is 20.3 Å². The number of fused-ring (bicyclic) bond motifs is 4. The van der Waals surface area contributed by atoms with E-state index < -0.39 is 30.0 Å². The number of imidazole rings is 1. The van der Waals surface area contributed by atoms with Crippen molar-refractivity contribution in [1.29, 1.82) is 0 Å². The molecule has 1 aliphatic carbocycles. The summed E-state index contributed by atoms with van der Waals surface area (Å²) < 4.78 is 47.0. The van der Waals surface area contributed by atoms with Gasteiger partial charge in [0.2, 0.25) is 11.8 Å². The Bertz CT molecular complexity index is 2670. The number of carbonyl (C=O) groups is 3. The smallest absolute Gasteiger partial charge is 0.329 e. The fraction of sp³-hybridized carbons (Fsp3) is 0.533. The highest BCUT2D eigenvalue weighted by Crippen LogP contribution is 2.37. The van der Waals surface area contributed by atoms with Crippen molar-refractivity contribution in [3.05, 3.63) is 76.2 Å². The van der Waals surface area contributed by atoms with Crippen molar-refractivity contribution >= 4 is 52.0 Å². The zero-order chi connectivity index (χ0) is 44.2. The number of aryl methyl sites for hydroxylation is 1. The summed E-state index contributed by atoms with van der Waals surface area (Å²) in [5, 5.41) is 13.6. The molecule has 8 heterocycles. The van der Waals surface area contributed by atoms with Gasteiger partial charge in [-0.1, -0.05) is 24.3 Å². The molecular weight excluding hydrogens is 829 g/mol. The van der Waals surface area contributed by atoms with Crippen molar-refractivity contribution in [2.24, 2.45) is 13.0 Å². The maximum Gasteiger partial charge on any atom is 0.329 e. The highest BCUT2D eigenvalue weighted by Gasteiger charge is 2.40. The molecule has 5 fully saturated rings. The second-order valence-corrected chi connectivity index (χ2v) is 18.0. The molecule has 1 unspecified atom stereocenters. The number of imide groups is 1. The Hall–Kier alpha value is -5.79. The Labute approximate surface area is 367 Å². The molecule has 17 nitrogen and oxygen atoms in total. The quantitative estimate of drug-likeness (QED) is 0.161. The molecule has 5 aliphatic rings. The van der Waals surface area contributed by atoms with Crippen LogP contribution in [-0.4, -0.2) is 113 Å². The first-order chi connectivity index (χ1) is 31.0. The maximum absolute atomic E-state index is 14.3. The minimum atomic E-state index is -2.86. The van der Waals surface area contributed by atoms with Crippen LogP contribution >= 0.6 is 0 Å². The van der Waals surface area contributed by atoms with Crippen LogP contribution < -0.4 is 21.2 Å². The van der Waals surface area contributed by atoms with E-state index in [4.69, 9.17) is 14.5 Å². The lowest BCUT2D eigenvalue weighted by Gasteiger charge is -2.37. The number of piperidine rings is 2. The number of hydrogen-bond donors (Lipinski definition) is 2. The van der Waals surface area contributed by atoms with Gasteiger partial charge in [0, 0.05) is 57.6 Å². The number of ether oxygens (including phenoxy) is 2. The highest BCUT2D eigenvalue weighted by molar-refractivity contribution is 6.08. The molecule has 338 valence electrons. The van der Waals surface area contributed by atoms with Gasteiger partial charge in [-0.25, -0.2) is 23.1 Å². The zero-order valence-electron chi connectivity index (χ0n) is 35.9. The van der Waals surface area contributed by atoms with Crippen molar-refractivity contribution in [3.63, 3.8) is 0 Å². The van der Waals surface area contributed by atoms with E-state index in [0.717, 1.165) is 82.5 Å². The van der Waals surface area contributed by atoms with Gasteiger partial charge in [0.05, 0.1) is 59.9 Å². The molecule has 0 radical (unpaired) electrons. The Morgan fingerprint density at radius 2 is 1.88 bits per heavy atom. The molecule has 4 aliphatic heterocycles. The summed E-state index contributed by atoms with van der Waals surface area (Å²) in [7, 11) is 1.69. The lowest BCUT2D eigenvalue weighted by atomic mass is 9.85. The van der Waals surface area contributed by atoms with E-state index in [-0.39, 0.29) is 66.1 Å². The molecule has 2 bridgehead atoms. The van der Waals surface area contributed by atoms with Crippen LogP contribution in [0.15, 0.2) is 53.7 Å². The van der Waals surface area contributed by atoms with Crippen molar-refractivity contribution in [2.75, 3.05) is 43.0 Å². The summed E-state index contributed by atoms with van der Waals surface area (Å²) in [5.74, 6) is -0.139. The molecule has 19 heteroatoms. The molecule has 4 aromatic heterocycles. The standard InChI is InChI=1S/C45H53F2N11O6/c1-26(6-9-28-4-3-5-35-40(28)53(2)45(62)58(35)36-12-13-38(59)51-44(36)61)64-31-14-17-54(18-15-31)22-27-7-10-29(11-8-27)57-24-34(39(52-57)41(46)47)49-43(60)33-21-48-56-19-16-37(50-42(33)56)55-23-32-20-30(55)25-63-32/h3-6,9,16,19,21,24,26-27,29-32,36,41H,7-8,10-15,17-18,20,22-23,25H2,1-2H3,(H,49,60)(H,51,59,61)/b9-6+/t26-,27?,29?,30-,32-,36?/m1/s1. The normalized spacial score (nSPS) is 25.1.